The van der Waals surface area contributed by atoms with Gasteiger partial charge >= 0.3 is 0 Å². The van der Waals surface area contributed by atoms with Gasteiger partial charge < -0.3 is 0 Å². The normalized spacial score (nSPS) is 8.82. The molecule has 17 heavy (non-hydrogen) atoms. The van der Waals surface area contributed by atoms with Crippen molar-refractivity contribution in [3.05, 3.63) is 59.7 Å². The van der Waals surface area contributed by atoms with E-state index in [1.807, 2.05) is 38.1 Å². The quantitative estimate of drug-likeness (QED) is 0.695. The molecule has 1 heteroatoms. The van der Waals surface area contributed by atoms with Crippen molar-refractivity contribution < 1.29 is 0 Å². The Labute approximate surface area is 103 Å². The number of nitriles is 1. The lowest BCUT2D eigenvalue weighted by Crippen LogP contribution is -1.79. The predicted octanol–water partition coefficient (Wildman–Crippen LogP) is 4.56. The molecule has 2 rings (SSSR count). The SMILES string of the molecule is CC.Cc1ccc(-c2ccc(C#N)cc2)cc1. The van der Waals surface area contributed by atoms with Gasteiger partial charge in [0.2, 0.25) is 0 Å². The first-order valence-corrected chi connectivity index (χ1v) is 5.87. The minimum Gasteiger partial charge on any atom is -0.192 e. The van der Waals surface area contributed by atoms with E-state index in [2.05, 4.69) is 37.3 Å². The number of rotatable bonds is 1. The van der Waals surface area contributed by atoms with Crippen molar-refractivity contribution in [1.82, 2.24) is 0 Å². The van der Waals surface area contributed by atoms with Crippen LogP contribution in [-0.2, 0) is 0 Å². The summed E-state index contributed by atoms with van der Waals surface area (Å²) in [6.07, 6.45) is 0. The van der Waals surface area contributed by atoms with E-state index in [0.29, 0.717) is 5.56 Å². The molecule has 0 bridgehead atoms. The maximum atomic E-state index is 8.69. The van der Waals surface area contributed by atoms with Crippen molar-refractivity contribution in [1.29, 1.82) is 5.26 Å². The third kappa shape index (κ3) is 3.46. The highest BCUT2D eigenvalue weighted by atomic mass is 14.2. The van der Waals surface area contributed by atoms with Gasteiger partial charge in [-0.05, 0) is 30.2 Å². The molecule has 0 N–H and O–H groups in total. The first-order chi connectivity index (χ1) is 8.29. The highest BCUT2D eigenvalue weighted by molar-refractivity contribution is 5.64. The molecule has 0 radical (unpaired) electrons. The lowest BCUT2D eigenvalue weighted by Gasteiger charge is -2.01. The maximum absolute atomic E-state index is 8.69. The van der Waals surface area contributed by atoms with E-state index >= 15 is 0 Å². The van der Waals surface area contributed by atoms with E-state index in [4.69, 9.17) is 5.26 Å². The van der Waals surface area contributed by atoms with Gasteiger partial charge in [0, 0.05) is 0 Å². The number of hydrogen-bond acceptors (Lipinski definition) is 1. The highest BCUT2D eigenvalue weighted by Gasteiger charge is 1.96. The molecule has 0 saturated carbocycles. The lowest BCUT2D eigenvalue weighted by molar-refractivity contribution is 1.46. The fourth-order valence-corrected chi connectivity index (χ4v) is 1.48. The van der Waals surface area contributed by atoms with Crippen LogP contribution in [0.25, 0.3) is 11.1 Å². The summed E-state index contributed by atoms with van der Waals surface area (Å²) in [6.45, 7) is 6.07. The minimum absolute atomic E-state index is 0.700. The molecule has 0 saturated heterocycles. The zero-order chi connectivity index (χ0) is 12.7. The topological polar surface area (TPSA) is 23.8 Å². The molecule has 0 amide bonds. The van der Waals surface area contributed by atoms with Crippen LogP contribution in [0, 0.1) is 18.3 Å². The van der Waals surface area contributed by atoms with Gasteiger partial charge in [0.05, 0.1) is 11.6 Å². The van der Waals surface area contributed by atoms with Crippen molar-refractivity contribution in [3.8, 4) is 17.2 Å². The molecule has 86 valence electrons. The molecule has 2 aromatic rings. The van der Waals surface area contributed by atoms with Crippen LogP contribution in [-0.4, -0.2) is 0 Å². The summed E-state index contributed by atoms with van der Waals surface area (Å²) in [5, 5.41) is 8.69. The zero-order valence-electron chi connectivity index (χ0n) is 10.6. The van der Waals surface area contributed by atoms with Crippen LogP contribution < -0.4 is 0 Å². The van der Waals surface area contributed by atoms with Crippen molar-refractivity contribution in [2.24, 2.45) is 0 Å². The van der Waals surface area contributed by atoms with Crippen LogP contribution in [0.3, 0.4) is 0 Å². The van der Waals surface area contributed by atoms with Gasteiger partial charge in [-0.15, -0.1) is 0 Å². The van der Waals surface area contributed by atoms with Crippen LogP contribution in [0.2, 0.25) is 0 Å². The van der Waals surface area contributed by atoms with Crippen molar-refractivity contribution in [3.63, 3.8) is 0 Å². The van der Waals surface area contributed by atoms with Gasteiger partial charge in [0.25, 0.3) is 0 Å². The summed E-state index contributed by atoms with van der Waals surface area (Å²) >= 11 is 0. The molecule has 0 spiro atoms. The van der Waals surface area contributed by atoms with E-state index in [-0.39, 0.29) is 0 Å². The van der Waals surface area contributed by atoms with Gasteiger partial charge in [0.1, 0.15) is 0 Å². The van der Waals surface area contributed by atoms with Gasteiger partial charge in [0.15, 0.2) is 0 Å². The van der Waals surface area contributed by atoms with Gasteiger partial charge in [-0.2, -0.15) is 5.26 Å². The van der Waals surface area contributed by atoms with Gasteiger partial charge in [-0.3, -0.25) is 0 Å². The highest BCUT2D eigenvalue weighted by Crippen LogP contribution is 2.19. The van der Waals surface area contributed by atoms with Gasteiger partial charge in [-0.25, -0.2) is 0 Å². The molecular weight excluding hydrogens is 206 g/mol. The number of aryl methyl sites for hydroxylation is 1. The van der Waals surface area contributed by atoms with E-state index in [1.54, 1.807) is 0 Å². The van der Waals surface area contributed by atoms with Crippen LogP contribution in [0.5, 0.6) is 0 Å². The predicted molar refractivity (Wildman–Crippen MR) is 72.7 cm³/mol. The first-order valence-electron chi connectivity index (χ1n) is 5.87. The molecule has 0 heterocycles. The summed E-state index contributed by atoms with van der Waals surface area (Å²) in [5.74, 6) is 0. The van der Waals surface area contributed by atoms with E-state index in [0.717, 1.165) is 5.56 Å². The van der Waals surface area contributed by atoms with Gasteiger partial charge in [-0.1, -0.05) is 55.8 Å². The second-order valence-electron chi connectivity index (χ2n) is 3.56. The van der Waals surface area contributed by atoms with Crippen molar-refractivity contribution >= 4 is 0 Å². The van der Waals surface area contributed by atoms with E-state index in [1.165, 1.54) is 11.1 Å². The Bertz CT molecular complexity index is 487. The number of nitrogens with zero attached hydrogens (tertiary/aromatic N) is 1. The maximum Gasteiger partial charge on any atom is 0.0991 e. The van der Waals surface area contributed by atoms with Crippen LogP contribution in [0.1, 0.15) is 25.0 Å². The summed E-state index contributed by atoms with van der Waals surface area (Å²) in [5.41, 5.74) is 4.29. The molecule has 0 aromatic heterocycles. The summed E-state index contributed by atoms with van der Waals surface area (Å²) in [6, 6.07) is 18.1. The van der Waals surface area contributed by atoms with Crippen LogP contribution in [0.4, 0.5) is 0 Å². The smallest absolute Gasteiger partial charge is 0.0991 e. The summed E-state index contributed by atoms with van der Waals surface area (Å²) in [7, 11) is 0. The van der Waals surface area contributed by atoms with E-state index < -0.39 is 0 Å². The molecule has 0 aliphatic heterocycles. The molecule has 1 nitrogen and oxygen atoms in total. The fraction of sp³-hybridized carbons (Fsp3) is 0.188. The Morgan fingerprint density at radius 2 is 1.18 bits per heavy atom. The van der Waals surface area contributed by atoms with E-state index in [9.17, 15) is 0 Å². The van der Waals surface area contributed by atoms with Crippen LogP contribution in [0.15, 0.2) is 48.5 Å². The molecule has 0 unspecified atom stereocenters. The Kier molecular flexibility index (Phi) is 4.97. The zero-order valence-corrected chi connectivity index (χ0v) is 10.6. The number of benzene rings is 2. The third-order valence-electron chi connectivity index (χ3n) is 2.40. The fourth-order valence-electron chi connectivity index (χ4n) is 1.48. The molecule has 0 fully saturated rings. The standard InChI is InChI=1S/C14H11N.C2H6/c1-11-2-6-13(7-3-11)14-8-4-12(10-15)5-9-14;1-2/h2-9H,1H3;1-2H3. The monoisotopic (exact) mass is 223 g/mol. The molecular formula is C16H17N. The van der Waals surface area contributed by atoms with Crippen molar-refractivity contribution in [2.45, 2.75) is 20.8 Å². The minimum atomic E-state index is 0.700. The molecule has 0 atom stereocenters. The second-order valence-corrected chi connectivity index (χ2v) is 3.56. The third-order valence-corrected chi connectivity index (χ3v) is 2.40. The summed E-state index contributed by atoms with van der Waals surface area (Å²) < 4.78 is 0. The first kappa shape index (κ1) is 13.0. The summed E-state index contributed by atoms with van der Waals surface area (Å²) in [4.78, 5) is 0. The Morgan fingerprint density at radius 1 is 0.765 bits per heavy atom. The largest absolute Gasteiger partial charge is 0.192 e. The molecule has 2 aromatic carbocycles. The Hall–Kier alpha value is -2.07. The van der Waals surface area contributed by atoms with Crippen molar-refractivity contribution in [2.75, 3.05) is 0 Å². The molecule has 0 aliphatic carbocycles. The average molecular weight is 223 g/mol. The number of hydrogen-bond donors (Lipinski definition) is 0. The second kappa shape index (κ2) is 6.50. The average Bonchev–Trinajstić information content (AvgIpc) is 2.42. The lowest BCUT2D eigenvalue weighted by atomic mass is 10.0. The Balaban J connectivity index is 0.000000686. The molecule has 0 aliphatic rings. The van der Waals surface area contributed by atoms with Crippen LogP contribution >= 0.6 is 0 Å². The Morgan fingerprint density at radius 3 is 1.59 bits per heavy atom.